The molecular weight excluding hydrogens is 259 g/mol. The smallest absolute Gasteiger partial charge is 0.167 e. The number of hydrogen-bond donors (Lipinski definition) is 0. The van der Waals surface area contributed by atoms with Gasteiger partial charge in [-0.05, 0) is 37.3 Å². The van der Waals surface area contributed by atoms with E-state index in [4.69, 9.17) is 27.9 Å². The maximum absolute atomic E-state index is 5.83. The first-order valence-corrected chi connectivity index (χ1v) is 5.77. The van der Waals surface area contributed by atoms with Crippen LogP contribution in [-0.4, -0.2) is 9.97 Å². The summed E-state index contributed by atoms with van der Waals surface area (Å²) >= 11 is 11.6. The second-order valence-corrected chi connectivity index (χ2v) is 4.31. The maximum Gasteiger partial charge on any atom is 0.167 e. The summed E-state index contributed by atoms with van der Waals surface area (Å²) in [5.41, 5.74) is 0.819. The Balaban J connectivity index is 2.04. The summed E-state index contributed by atoms with van der Waals surface area (Å²) in [5.74, 6) is 1.28. The number of rotatable bonds is 3. The Morgan fingerprint density at radius 3 is 2.47 bits per heavy atom. The fourth-order valence-corrected chi connectivity index (χ4v) is 1.71. The van der Waals surface area contributed by atoms with Crippen LogP contribution in [0.25, 0.3) is 0 Å². The SMILES string of the molecule is Cc1cc(Cl)nc(COc2ccc(Cl)cc2)n1. The molecule has 1 heterocycles. The van der Waals surface area contributed by atoms with Gasteiger partial charge in [0.2, 0.25) is 0 Å². The van der Waals surface area contributed by atoms with Gasteiger partial charge in [-0.2, -0.15) is 0 Å². The molecule has 0 spiro atoms. The Labute approximate surface area is 109 Å². The molecule has 0 radical (unpaired) electrons. The minimum Gasteiger partial charge on any atom is -0.486 e. The van der Waals surface area contributed by atoms with Crippen molar-refractivity contribution < 1.29 is 4.74 Å². The van der Waals surface area contributed by atoms with E-state index >= 15 is 0 Å². The standard InChI is InChI=1S/C12H10Cl2N2O/c1-8-6-11(14)16-12(15-8)7-17-10-4-2-9(13)3-5-10/h2-6H,7H2,1H3. The summed E-state index contributed by atoms with van der Waals surface area (Å²) < 4.78 is 5.51. The normalized spacial score (nSPS) is 10.3. The summed E-state index contributed by atoms with van der Waals surface area (Å²) in [7, 11) is 0. The molecule has 88 valence electrons. The number of ether oxygens (including phenoxy) is 1. The fraction of sp³-hybridized carbons (Fsp3) is 0.167. The van der Waals surface area contributed by atoms with Crippen LogP contribution in [0.3, 0.4) is 0 Å². The average Bonchev–Trinajstić information content (AvgIpc) is 2.27. The summed E-state index contributed by atoms with van der Waals surface area (Å²) in [6.45, 7) is 2.14. The zero-order valence-electron chi connectivity index (χ0n) is 9.15. The van der Waals surface area contributed by atoms with Crippen molar-refractivity contribution in [2.45, 2.75) is 13.5 Å². The lowest BCUT2D eigenvalue weighted by atomic mass is 10.3. The molecule has 2 aromatic rings. The molecule has 0 bridgehead atoms. The highest BCUT2D eigenvalue weighted by molar-refractivity contribution is 6.30. The van der Waals surface area contributed by atoms with E-state index in [1.807, 2.05) is 6.92 Å². The third-order valence-corrected chi connectivity index (χ3v) is 2.50. The molecule has 0 unspecified atom stereocenters. The highest BCUT2D eigenvalue weighted by Gasteiger charge is 2.02. The van der Waals surface area contributed by atoms with E-state index in [1.54, 1.807) is 30.3 Å². The molecule has 3 nitrogen and oxygen atoms in total. The van der Waals surface area contributed by atoms with Gasteiger partial charge in [-0.1, -0.05) is 23.2 Å². The van der Waals surface area contributed by atoms with E-state index in [1.165, 1.54) is 0 Å². The van der Waals surface area contributed by atoms with E-state index in [0.29, 0.717) is 16.0 Å². The van der Waals surface area contributed by atoms with Gasteiger partial charge in [-0.15, -0.1) is 0 Å². The Hall–Kier alpha value is -1.32. The number of aryl methyl sites for hydroxylation is 1. The minimum atomic E-state index is 0.281. The van der Waals surface area contributed by atoms with Gasteiger partial charge >= 0.3 is 0 Å². The van der Waals surface area contributed by atoms with Crippen molar-refractivity contribution >= 4 is 23.2 Å². The summed E-state index contributed by atoms with van der Waals surface area (Å²) in [5, 5.41) is 1.10. The van der Waals surface area contributed by atoms with E-state index < -0.39 is 0 Å². The summed E-state index contributed by atoms with van der Waals surface area (Å²) in [4.78, 5) is 8.29. The van der Waals surface area contributed by atoms with Gasteiger partial charge in [0.1, 0.15) is 17.5 Å². The zero-order valence-corrected chi connectivity index (χ0v) is 10.7. The molecule has 1 aromatic heterocycles. The predicted molar refractivity (Wildman–Crippen MR) is 67.6 cm³/mol. The van der Waals surface area contributed by atoms with E-state index in [-0.39, 0.29) is 6.61 Å². The maximum atomic E-state index is 5.83. The Morgan fingerprint density at radius 2 is 1.82 bits per heavy atom. The summed E-state index contributed by atoms with van der Waals surface area (Å²) in [6, 6.07) is 8.81. The largest absolute Gasteiger partial charge is 0.486 e. The first kappa shape index (κ1) is 12.1. The predicted octanol–water partition coefficient (Wildman–Crippen LogP) is 3.67. The molecule has 0 aliphatic heterocycles. The third kappa shape index (κ3) is 3.58. The van der Waals surface area contributed by atoms with E-state index in [9.17, 15) is 0 Å². The Morgan fingerprint density at radius 1 is 1.12 bits per heavy atom. The monoisotopic (exact) mass is 268 g/mol. The second kappa shape index (κ2) is 5.34. The molecule has 5 heteroatoms. The molecule has 0 N–H and O–H groups in total. The van der Waals surface area contributed by atoms with Crippen molar-refractivity contribution in [2.75, 3.05) is 0 Å². The molecule has 0 fully saturated rings. The van der Waals surface area contributed by atoms with Crippen LogP contribution in [0.4, 0.5) is 0 Å². The van der Waals surface area contributed by atoms with Crippen molar-refractivity contribution in [2.24, 2.45) is 0 Å². The Bertz CT molecular complexity index is 494. The molecule has 0 saturated heterocycles. The molecule has 0 amide bonds. The van der Waals surface area contributed by atoms with Crippen molar-refractivity contribution in [1.82, 2.24) is 9.97 Å². The molecule has 0 aliphatic rings. The lowest BCUT2D eigenvalue weighted by molar-refractivity contribution is 0.295. The first-order chi connectivity index (χ1) is 8.13. The number of halogens is 2. The van der Waals surface area contributed by atoms with Gasteiger partial charge in [0.05, 0.1) is 0 Å². The van der Waals surface area contributed by atoms with Gasteiger partial charge in [0, 0.05) is 10.7 Å². The van der Waals surface area contributed by atoms with Crippen LogP contribution in [-0.2, 0) is 6.61 Å². The molecule has 0 atom stereocenters. The number of nitrogens with zero attached hydrogens (tertiary/aromatic N) is 2. The number of hydrogen-bond acceptors (Lipinski definition) is 3. The number of benzene rings is 1. The minimum absolute atomic E-state index is 0.281. The molecular formula is C12H10Cl2N2O. The van der Waals surface area contributed by atoms with E-state index in [2.05, 4.69) is 9.97 Å². The van der Waals surface area contributed by atoms with Crippen molar-refractivity contribution in [3.8, 4) is 5.75 Å². The van der Waals surface area contributed by atoms with Gasteiger partial charge in [-0.3, -0.25) is 0 Å². The van der Waals surface area contributed by atoms with Crippen molar-refractivity contribution in [3.63, 3.8) is 0 Å². The van der Waals surface area contributed by atoms with Crippen LogP contribution in [0.5, 0.6) is 5.75 Å². The lowest BCUT2D eigenvalue weighted by Gasteiger charge is -2.06. The van der Waals surface area contributed by atoms with E-state index in [0.717, 1.165) is 11.4 Å². The van der Waals surface area contributed by atoms with Gasteiger partial charge in [0.25, 0.3) is 0 Å². The molecule has 17 heavy (non-hydrogen) atoms. The van der Waals surface area contributed by atoms with Crippen LogP contribution in [0, 0.1) is 6.92 Å². The molecule has 0 saturated carbocycles. The van der Waals surface area contributed by atoms with Gasteiger partial charge in [0.15, 0.2) is 5.82 Å². The molecule has 1 aromatic carbocycles. The van der Waals surface area contributed by atoms with Crippen LogP contribution in [0.1, 0.15) is 11.5 Å². The second-order valence-electron chi connectivity index (χ2n) is 3.49. The van der Waals surface area contributed by atoms with Crippen LogP contribution >= 0.6 is 23.2 Å². The first-order valence-electron chi connectivity index (χ1n) is 5.02. The lowest BCUT2D eigenvalue weighted by Crippen LogP contribution is -2.02. The van der Waals surface area contributed by atoms with Gasteiger partial charge in [-0.25, -0.2) is 9.97 Å². The van der Waals surface area contributed by atoms with Crippen LogP contribution in [0.2, 0.25) is 10.2 Å². The van der Waals surface area contributed by atoms with Crippen LogP contribution in [0.15, 0.2) is 30.3 Å². The highest BCUT2D eigenvalue weighted by Crippen LogP contribution is 2.16. The zero-order chi connectivity index (χ0) is 12.3. The quantitative estimate of drug-likeness (QED) is 0.797. The number of aromatic nitrogens is 2. The van der Waals surface area contributed by atoms with Gasteiger partial charge < -0.3 is 4.74 Å². The van der Waals surface area contributed by atoms with Crippen molar-refractivity contribution in [1.29, 1.82) is 0 Å². The average molecular weight is 269 g/mol. The molecule has 2 rings (SSSR count). The molecule has 0 aliphatic carbocycles. The van der Waals surface area contributed by atoms with Crippen molar-refractivity contribution in [3.05, 3.63) is 52.0 Å². The Kier molecular flexibility index (Phi) is 3.82. The third-order valence-electron chi connectivity index (χ3n) is 2.05. The topological polar surface area (TPSA) is 35.0 Å². The fourth-order valence-electron chi connectivity index (χ4n) is 1.33. The highest BCUT2D eigenvalue weighted by atomic mass is 35.5. The summed E-state index contributed by atoms with van der Waals surface area (Å²) in [6.07, 6.45) is 0. The van der Waals surface area contributed by atoms with Crippen LogP contribution < -0.4 is 4.74 Å².